The van der Waals surface area contributed by atoms with Crippen LogP contribution in [0.25, 0.3) is 0 Å². The lowest BCUT2D eigenvalue weighted by Gasteiger charge is -2.13. The fraction of sp³-hybridized carbons (Fsp3) is 0.267. The predicted octanol–water partition coefficient (Wildman–Crippen LogP) is 3.36. The fourth-order valence-corrected chi connectivity index (χ4v) is 2.19. The molecule has 0 aliphatic rings. The summed E-state index contributed by atoms with van der Waals surface area (Å²) in [6.45, 7) is 4.23. The molecule has 0 saturated heterocycles. The molecule has 1 amide bonds. The van der Waals surface area contributed by atoms with Crippen molar-refractivity contribution in [2.45, 2.75) is 26.4 Å². The topological polar surface area (TPSA) is 54.3 Å². The molecule has 0 aliphatic heterocycles. The third kappa shape index (κ3) is 3.14. The molecule has 1 aromatic carbocycles. The van der Waals surface area contributed by atoms with E-state index in [0.717, 1.165) is 0 Å². The summed E-state index contributed by atoms with van der Waals surface area (Å²) >= 11 is 5.96. The van der Waals surface area contributed by atoms with Crippen LogP contribution in [0, 0.1) is 0 Å². The van der Waals surface area contributed by atoms with Gasteiger partial charge in [0.05, 0.1) is 5.02 Å². The van der Waals surface area contributed by atoms with E-state index in [0.29, 0.717) is 16.3 Å². The summed E-state index contributed by atoms with van der Waals surface area (Å²) in [5.41, 5.74) is 1.19. The van der Waals surface area contributed by atoms with Gasteiger partial charge in [0, 0.05) is 24.3 Å². The molecular formula is C15H17ClN2O2. The molecule has 1 aromatic heterocycles. The highest BCUT2D eigenvalue weighted by molar-refractivity contribution is 6.31. The van der Waals surface area contributed by atoms with Crippen LogP contribution < -0.4 is 5.32 Å². The molecule has 106 valence electrons. The third-order valence-electron chi connectivity index (χ3n) is 3.04. The van der Waals surface area contributed by atoms with Gasteiger partial charge in [0.2, 0.25) is 0 Å². The maximum absolute atomic E-state index is 12.2. The number of nitrogens with zero attached hydrogens (tertiary/aromatic N) is 1. The van der Waals surface area contributed by atoms with Crippen molar-refractivity contribution in [1.82, 2.24) is 9.88 Å². The maximum Gasteiger partial charge on any atom is 0.268 e. The molecule has 0 atom stereocenters. The van der Waals surface area contributed by atoms with Crippen LogP contribution in [-0.2, 0) is 6.54 Å². The molecular weight excluding hydrogens is 276 g/mol. The Morgan fingerprint density at radius 1 is 1.40 bits per heavy atom. The number of hydrogen-bond donors (Lipinski definition) is 2. The van der Waals surface area contributed by atoms with Crippen molar-refractivity contribution >= 4 is 17.5 Å². The summed E-state index contributed by atoms with van der Waals surface area (Å²) in [5, 5.41) is 13.0. The minimum absolute atomic E-state index is 0.147. The van der Waals surface area contributed by atoms with E-state index in [2.05, 4.69) is 5.32 Å². The highest BCUT2D eigenvalue weighted by atomic mass is 35.5. The Morgan fingerprint density at radius 2 is 2.10 bits per heavy atom. The summed E-state index contributed by atoms with van der Waals surface area (Å²) < 4.78 is 1.82. The van der Waals surface area contributed by atoms with Crippen molar-refractivity contribution < 1.29 is 9.90 Å². The Balaban J connectivity index is 2.11. The van der Waals surface area contributed by atoms with Crippen LogP contribution in [0.1, 0.15) is 35.9 Å². The summed E-state index contributed by atoms with van der Waals surface area (Å²) in [4.78, 5) is 12.2. The van der Waals surface area contributed by atoms with Gasteiger partial charge in [-0.05, 0) is 26.0 Å². The number of aromatic hydroxyl groups is 1. The first-order valence-corrected chi connectivity index (χ1v) is 6.79. The monoisotopic (exact) mass is 292 g/mol. The molecule has 2 rings (SSSR count). The van der Waals surface area contributed by atoms with Crippen LogP contribution in [0.15, 0.2) is 36.5 Å². The van der Waals surface area contributed by atoms with Gasteiger partial charge in [-0.15, -0.1) is 0 Å². The van der Waals surface area contributed by atoms with Gasteiger partial charge in [0.15, 0.2) is 0 Å². The van der Waals surface area contributed by atoms with Crippen molar-refractivity contribution in [3.8, 4) is 5.75 Å². The molecule has 0 bridgehead atoms. The highest BCUT2D eigenvalue weighted by Crippen LogP contribution is 2.19. The van der Waals surface area contributed by atoms with Gasteiger partial charge in [0.25, 0.3) is 5.91 Å². The molecule has 2 aromatic rings. The first-order chi connectivity index (χ1) is 9.49. The van der Waals surface area contributed by atoms with E-state index in [4.69, 9.17) is 11.6 Å². The van der Waals surface area contributed by atoms with Crippen molar-refractivity contribution in [2.75, 3.05) is 0 Å². The molecule has 0 saturated carbocycles. The molecule has 20 heavy (non-hydrogen) atoms. The van der Waals surface area contributed by atoms with Gasteiger partial charge < -0.3 is 15.0 Å². The minimum atomic E-state index is -0.214. The zero-order chi connectivity index (χ0) is 14.7. The number of halogens is 1. The Bertz CT molecular complexity index is 620. The van der Waals surface area contributed by atoms with Crippen LogP contribution in [0.4, 0.5) is 0 Å². The standard InChI is InChI=1S/C15H17ClN2O2/c1-10(2)18-9-12(16)7-13(18)15(20)17-8-11-5-3-4-6-14(11)19/h3-7,9-10,19H,8H2,1-2H3,(H,17,20). The van der Waals surface area contributed by atoms with E-state index in [1.165, 1.54) is 0 Å². The van der Waals surface area contributed by atoms with Gasteiger partial charge >= 0.3 is 0 Å². The van der Waals surface area contributed by atoms with E-state index < -0.39 is 0 Å². The van der Waals surface area contributed by atoms with Gasteiger partial charge in [0.1, 0.15) is 11.4 Å². The average molecular weight is 293 g/mol. The first kappa shape index (κ1) is 14.5. The van der Waals surface area contributed by atoms with Gasteiger partial charge in [-0.2, -0.15) is 0 Å². The fourth-order valence-electron chi connectivity index (χ4n) is 1.98. The van der Waals surface area contributed by atoms with Gasteiger partial charge in [-0.25, -0.2) is 0 Å². The van der Waals surface area contributed by atoms with Crippen molar-refractivity contribution in [1.29, 1.82) is 0 Å². The quantitative estimate of drug-likeness (QED) is 0.908. The summed E-state index contributed by atoms with van der Waals surface area (Å²) in [6, 6.07) is 8.70. The number of para-hydroxylation sites is 1. The van der Waals surface area contributed by atoms with Crippen molar-refractivity contribution in [3.05, 3.63) is 52.8 Å². The molecule has 0 radical (unpaired) electrons. The average Bonchev–Trinajstić information content (AvgIpc) is 2.80. The lowest BCUT2D eigenvalue weighted by atomic mass is 10.2. The second-order valence-electron chi connectivity index (χ2n) is 4.86. The van der Waals surface area contributed by atoms with E-state index in [1.54, 1.807) is 30.5 Å². The molecule has 0 spiro atoms. The van der Waals surface area contributed by atoms with Gasteiger partial charge in [-0.1, -0.05) is 29.8 Å². The number of aromatic nitrogens is 1. The summed E-state index contributed by atoms with van der Waals surface area (Å²) in [6.07, 6.45) is 1.74. The Kier molecular flexibility index (Phi) is 4.35. The van der Waals surface area contributed by atoms with E-state index >= 15 is 0 Å². The number of phenolic OH excluding ortho intramolecular Hbond substituents is 1. The maximum atomic E-state index is 12.2. The Labute approximate surface area is 123 Å². The smallest absolute Gasteiger partial charge is 0.268 e. The molecule has 0 fully saturated rings. The van der Waals surface area contributed by atoms with Crippen LogP contribution in [0.5, 0.6) is 5.75 Å². The number of carbonyl (C=O) groups excluding carboxylic acids is 1. The number of carbonyl (C=O) groups is 1. The second kappa shape index (κ2) is 6.01. The lowest BCUT2D eigenvalue weighted by Crippen LogP contribution is -2.25. The zero-order valence-corrected chi connectivity index (χ0v) is 12.2. The molecule has 0 unspecified atom stereocenters. The number of rotatable bonds is 4. The van der Waals surface area contributed by atoms with Crippen LogP contribution in [0.3, 0.4) is 0 Å². The molecule has 2 N–H and O–H groups in total. The highest BCUT2D eigenvalue weighted by Gasteiger charge is 2.15. The molecule has 1 heterocycles. The van der Waals surface area contributed by atoms with E-state index in [9.17, 15) is 9.90 Å². The van der Waals surface area contributed by atoms with Crippen molar-refractivity contribution in [3.63, 3.8) is 0 Å². The number of nitrogens with one attached hydrogen (secondary N) is 1. The predicted molar refractivity (Wildman–Crippen MR) is 79.1 cm³/mol. The molecule has 4 nitrogen and oxygen atoms in total. The normalized spacial score (nSPS) is 10.8. The number of phenols is 1. The molecule has 0 aliphatic carbocycles. The second-order valence-corrected chi connectivity index (χ2v) is 5.29. The first-order valence-electron chi connectivity index (χ1n) is 6.41. The lowest BCUT2D eigenvalue weighted by molar-refractivity contribution is 0.0940. The van der Waals surface area contributed by atoms with Crippen LogP contribution in [-0.4, -0.2) is 15.6 Å². The Hall–Kier alpha value is -1.94. The largest absolute Gasteiger partial charge is 0.508 e. The Morgan fingerprint density at radius 3 is 2.75 bits per heavy atom. The van der Waals surface area contributed by atoms with E-state index in [-0.39, 0.29) is 24.2 Å². The summed E-state index contributed by atoms with van der Waals surface area (Å²) in [7, 11) is 0. The minimum Gasteiger partial charge on any atom is -0.508 e. The van der Waals surface area contributed by atoms with E-state index in [1.807, 2.05) is 24.5 Å². The number of hydrogen-bond acceptors (Lipinski definition) is 2. The van der Waals surface area contributed by atoms with Crippen LogP contribution in [0.2, 0.25) is 5.02 Å². The van der Waals surface area contributed by atoms with Gasteiger partial charge in [-0.3, -0.25) is 4.79 Å². The third-order valence-corrected chi connectivity index (χ3v) is 3.24. The molecule has 5 heteroatoms. The van der Waals surface area contributed by atoms with Crippen LogP contribution >= 0.6 is 11.6 Å². The number of benzene rings is 1. The zero-order valence-electron chi connectivity index (χ0n) is 11.4. The number of amides is 1. The SMILES string of the molecule is CC(C)n1cc(Cl)cc1C(=O)NCc1ccccc1O. The van der Waals surface area contributed by atoms with Crippen molar-refractivity contribution in [2.24, 2.45) is 0 Å². The summed E-state index contributed by atoms with van der Waals surface area (Å²) in [5.74, 6) is -0.0427.